The van der Waals surface area contributed by atoms with Gasteiger partial charge in [-0.05, 0) is 53.8 Å². The second kappa shape index (κ2) is 10.1. The molecule has 0 spiro atoms. The maximum atomic E-state index is 12.9. The molecule has 2 heterocycles. The number of benzene rings is 2. The Labute approximate surface area is 204 Å². The lowest BCUT2D eigenvalue weighted by Gasteiger charge is -2.13. The minimum absolute atomic E-state index is 0.0767. The van der Waals surface area contributed by atoms with Gasteiger partial charge in [-0.3, -0.25) is 4.79 Å². The standard InChI is InChI=1S/C25H22N2O5S2/c1-14-22(34-24(27-14)21-5-4-10-33-21)23(28)26-13-17-11-15(6-8-19(17)31-2)16-7-9-20(32-3)18(12-16)25(29)30/h4-12H,13H2,1-3H3,(H,26,28)(H,29,30). The highest BCUT2D eigenvalue weighted by Gasteiger charge is 2.18. The van der Waals surface area contributed by atoms with E-state index in [0.29, 0.717) is 27.6 Å². The number of carboxylic acids is 1. The summed E-state index contributed by atoms with van der Waals surface area (Å²) < 4.78 is 10.6. The van der Waals surface area contributed by atoms with Crippen LogP contribution < -0.4 is 14.8 Å². The third-order valence-electron chi connectivity index (χ3n) is 5.22. The molecule has 174 valence electrons. The van der Waals surface area contributed by atoms with Crippen LogP contribution in [0.4, 0.5) is 0 Å². The third-order valence-corrected chi connectivity index (χ3v) is 7.41. The van der Waals surface area contributed by atoms with Gasteiger partial charge in [-0.2, -0.15) is 0 Å². The van der Waals surface area contributed by atoms with Crippen LogP contribution in [-0.4, -0.2) is 36.2 Å². The van der Waals surface area contributed by atoms with Crippen molar-refractivity contribution in [3.8, 4) is 32.5 Å². The fraction of sp³-hybridized carbons (Fsp3) is 0.160. The molecule has 0 aliphatic heterocycles. The van der Waals surface area contributed by atoms with Gasteiger partial charge < -0.3 is 19.9 Å². The lowest BCUT2D eigenvalue weighted by Crippen LogP contribution is -2.22. The van der Waals surface area contributed by atoms with E-state index in [0.717, 1.165) is 21.0 Å². The van der Waals surface area contributed by atoms with Crippen LogP contribution in [0.2, 0.25) is 0 Å². The molecule has 7 nitrogen and oxygen atoms in total. The highest BCUT2D eigenvalue weighted by Crippen LogP contribution is 2.32. The summed E-state index contributed by atoms with van der Waals surface area (Å²) >= 11 is 2.95. The number of hydrogen-bond acceptors (Lipinski definition) is 7. The summed E-state index contributed by atoms with van der Waals surface area (Å²) in [4.78, 5) is 30.6. The van der Waals surface area contributed by atoms with Gasteiger partial charge in [0, 0.05) is 12.1 Å². The summed E-state index contributed by atoms with van der Waals surface area (Å²) in [7, 11) is 3.00. The number of ether oxygens (including phenoxy) is 2. The van der Waals surface area contributed by atoms with E-state index in [-0.39, 0.29) is 18.0 Å². The van der Waals surface area contributed by atoms with Crippen LogP contribution in [0, 0.1) is 6.92 Å². The molecule has 2 aromatic carbocycles. The minimum Gasteiger partial charge on any atom is -0.496 e. The van der Waals surface area contributed by atoms with Crippen molar-refractivity contribution in [2.45, 2.75) is 13.5 Å². The first-order valence-corrected chi connectivity index (χ1v) is 12.0. The average Bonchev–Trinajstić information content (AvgIpc) is 3.51. The zero-order chi connectivity index (χ0) is 24.2. The average molecular weight is 495 g/mol. The van der Waals surface area contributed by atoms with E-state index in [4.69, 9.17) is 9.47 Å². The summed E-state index contributed by atoms with van der Waals surface area (Å²) in [6, 6.07) is 14.5. The number of nitrogens with zero attached hydrogens (tertiary/aromatic N) is 1. The Bertz CT molecular complexity index is 1350. The van der Waals surface area contributed by atoms with E-state index in [1.54, 1.807) is 42.7 Å². The molecular weight excluding hydrogens is 472 g/mol. The Balaban J connectivity index is 1.57. The van der Waals surface area contributed by atoms with Crippen LogP contribution in [0.3, 0.4) is 0 Å². The van der Waals surface area contributed by atoms with E-state index >= 15 is 0 Å². The predicted octanol–water partition coefficient (Wildman–Crippen LogP) is 5.49. The molecule has 0 saturated heterocycles. The summed E-state index contributed by atoms with van der Waals surface area (Å²) in [6.07, 6.45) is 0. The highest BCUT2D eigenvalue weighted by atomic mass is 32.1. The Morgan fingerprint density at radius 3 is 2.38 bits per heavy atom. The van der Waals surface area contributed by atoms with E-state index in [2.05, 4.69) is 10.3 Å². The first kappa shape index (κ1) is 23.5. The SMILES string of the molecule is COc1ccc(-c2ccc(OC)c(C(=O)O)c2)cc1CNC(=O)c1sc(-c2cccs2)nc1C. The molecular formula is C25H22N2O5S2. The van der Waals surface area contributed by atoms with Gasteiger partial charge in [0.2, 0.25) is 0 Å². The molecule has 0 saturated carbocycles. The number of aryl methyl sites for hydroxylation is 1. The largest absolute Gasteiger partial charge is 0.496 e. The van der Waals surface area contributed by atoms with Crippen LogP contribution in [-0.2, 0) is 6.54 Å². The first-order chi connectivity index (χ1) is 16.4. The number of nitrogens with one attached hydrogen (secondary N) is 1. The van der Waals surface area contributed by atoms with Crippen LogP contribution >= 0.6 is 22.7 Å². The molecule has 4 aromatic rings. The van der Waals surface area contributed by atoms with Crippen LogP contribution in [0.15, 0.2) is 53.9 Å². The number of hydrogen-bond donors (Lipinski definition) is 2. The summed E-state index contributed by atoms with van der Waals surface area (Å²) in [5.41, 5.74) is 3.04. The number of thiophene rings is 1. The zero-order valence-corrected chi connectivity index (χ0v) is 20.4. The molecule has 1 amide bonds. The van der Waals surface area contributed by atoms with Crippen molar-refractivity contribution in [1.29, 1.82) is 0 Å². The highest BCUT2D eigenvalue weighted by molar-refractivity contribution is 7.22. The normalized spacial score (nSPS) is 10.7. The number of thiazole rings is 1. The number of carbonyl (C=O) groups is 2. The Kier molecular flexibility index (Phi) is 6.95. The van der Waals surface area contributed by atoms with Crippen molar-refractivity contribution in [3.05, 3.63) is 75.6 Å². The maximum Gasteiger partial charge on any atom is 0.339 e. The lowest BCUT2D eigenvalue weighted by molar-refractivity contribution is 0.0693. The van der Waals surface area contributed by atoms with Gasteiger partial charge in [0.15, 0.2) is 0 Å². The quantitative estimate of drug-likeness (QED) is 0.336. The van der Waals surface area contributed by atoms with Crippen molar-refractivity contribution in [3.63, 3.8) is 0 Å². The zero-order valence-electron chi connectivity index (χ0n) is 18.7. The van der Waals surface area contributed by atoms with Gasteiger partial charge in [0.1, 0.15) is 26.9 Å². The molecule has 0 bridgehead atoms. The number of rotatable bonds is 8. The minimum atomic E-state index is -1.07. The van der Waals surface area contributed by atoms with Gasteiger partial charge in [0.25, 0.3) is 5.91 Å². The van der Waals surface area contributed by atoms with E-state index in [9.17, 15) is 14.7 Å². The number of aromatic nitrogens is 1. The second-order valence-corrected chi connectivity index (χ2v) is 9.29. The predicted molar refractivity (Wildman–Crippen MR) is 133 cm³/mol. The van der Waals surface area contributed by atoms with E-state index in [1.165, 1.54) is 18.4 Å². The van der Waals surface area contributed by atoms with Gasteiger partial charge >= 0.3 is 5.97 Å². The van der Waals surface area contributed by atoms with Gasteiger partial charge in [-0.1, -0.05) is 18.2 Å². The second-order valence-electron chi connectivity index (χ2n) is 7.34. The lowest BCUT2D eigenvalue weighted by atomic mass is 10.00. The Morgan fingerprint density at radius 2 is 1.74 bits per heavy atom. The van der Waals surface area contributed by atoms with Crippen molar-refractivity contribution in [2.75, 3.05) is 14.2 Å². The number of aromatic carboxylic acids is 1. The number of carboxylic acid groups (broad SMARTS) is 1. The third kappa shape index (κ3) is 4.80. The topological polar surface area (TPSA) is 97.8 Å². The molecule has 4 rings (SSSR count). The molecule has 0 unspecified atom stereocenters. The fourth-order valence-electron chi connectivity index (χ4n) is 3.52. The number of amides is 1. The summed E-state index contributed by atoms with van der Waals surface area (Å²) in [6.45, 7) is 2.07. The van der Waals surface area contributed by atoms with E-state index in [1.807, 2.05) is 36.6 Å². The summed E-state index contributed by atoms with van der Waals surface area (Å²) in [5, 5.41) is 15.3. The molecule has 0 aliphatic rings. The molecule has 0 atom stereocenters. The Morgan fingerprint density at radius 1 is 1.03 bits per heavy atom. The fourth-order valence-corrected chi connectivity index (χ4v) is 5.30. The molecule has 0 radical (unpaired) electrons. The van der Waals surface area contributed by atoms with Gasteiger partial charge in [-0.15, -0.1) is 22.7 Å². The number of methoxy groups -OCH3 is 2. The van der Waals surface area contributed by atoms with E-state index < -0.39 is 5.97 Å². The van der Waals surface area contributed by atoms with Crippen molar-refractivity contribution < 1.29 is 24.2 Å². The van der Waals surface area contributed by atoms with Crippen molar-refractivity contribution >= 4 is 34.6 Å². The molecule has 2 aromatic heterocycles. The smallest absolute Gasteiger partial charge is 0.339 e. The van der Waals surface area contributed by atoms with Crippen molar-refractivity contribution in [2.24, 2.45) is 0 Å². The van der Waals surface area contributed by atoms with Gasteiger partial charge in [-0.25, -0.2) is 9.78 Å². The van der Waals surface area contributed by atoms with Crippen molar-refractivity contribution in [1.82, 2.24) is 10.3 Å². The molecule has 0 aliphatic carbocycles. The molecule has 2 N–H and O–H groups in total. The van der Waals surface area contributed by atoms with Crippen LogP contribution in [0.5, 0.6) is 11.5 Å². The molecule has 9 heteroatoms. The molecule has 34 heavy (non-hydrogen) atoms. The monoisotopic (exact) mass is 494 g/mol. The number of carbonyl (C=O) groups excluding carboxylic acids is 1. The van der Waals surface area contributed by atoms with Crippen LogP contribution in [0.1, 0.15) is 31.3 Å². The Hall–Kier alpha value is -3.69. The van der Waals surface area contributed by atoms with Gasteiger partial charge in [0.05, 0.1) is 24.8 Å². The maximum absolute atomic E-state index is 12.9. The molecule has 0 fully saturated rings. The summed E-state index contributed by atoms with van der Waals surface area (Å²) in [5.74, 6) is -0.361. The van der Waals surface area contributed by atoms with Crippen LogP contribution in [0.25, 0.3) is 21.0 Å². The first-order valence-electron chi connectivity index (χ1n) is 10.3.